The minimum atomic E-state index is -0.219. The van der Waals surface area contributed by atoms with Crippen LogP contribution in [0.25, 0.3) is 6.08 Å². The molecule has 2 aliphatic rings. The highest BCUT2D eigenvalue weighted by Crippen LogP contribution is 2.24. The number of ether oxygens (including phenoxy) is 1. The lowest BCUT2D eigenvalue weighted by molar-refractivity contribution is -0.116. The molecule has 4 rings (SSSR count). The summed E-state index contributed by atoms with van der Waals surface area (Å²) in [5, 5.41) is 11.8. The number of nitrogens with one attached hydrogen (secondary N) is 2. The fourth-order valence-electron chi connectivity index (χ4n) is 3.44. The molecule has 2 N–H and O–H groups in total. The Hall–Kier alpha value is -2.84. The molecule has 1 amide bonds. The zero-order valence-corrected chi connectivity index (χ0v) is 15.5. The van der Waals surface area contributed by atoms with Gasteiger partial charge in [-0.3, -0.25) is 9.69 Å². The van der Waals surface area contributed by atoms with Gasteiger partial charge >= 0.3 is 0 Å². The molecule has 0 aliphatic carbocycles. The van der Waals surface area contributed by atoms with Crippen LogP contribution in [0.15, 0.2) is 29.1 Å². The summed E-state index contributed by atoms with van der Waals surface area (Å²) < 4.78 is 5.43. The molecule has 0 unspecified atom stereocenters. The van der Waals surface area contributed by atoms with E-state index in [1.54, 1.807) is 18.5 Å². The number of aromatic amines is 1. The molecule has 0 bridgehead atoms. The summed E-state index contributed by atoms with van der Waals surface area (Å²) in [6.45, 7) is 8.47. The van der Waals surface area contributed by atoms with Gasteiger partial charge in [-0.05, 0) is 37.1 Å². The normalized spacial score (nSPS) is 19.4. The van der Waals surface area contributed by atoms with Gasteiger partial charge in [-0.2, -0.15) is 15.3 Å². The maximum atomic E-state index is 12.3. The van der Waals surface area contributed by atoms with Crippen molar-refractivity contribution in [3.63, 3.8) is 0 Å². The van der Waals surface area contributed by atoms with E-state index in [9.17, 15) is 4.79 Å². The number of morpholine rings is 1. The van der Waals surface area contributed by atoms with Gasteiger partial charge in [0.2, 0.25) is 0 Å². The summed E-state index contributed by atoms with van der Waals surface area (Å²) in [5.74, 6) is -0.219. The van der Waals surface area contributed by atoms with Crippen molar-refractivity contribution in [2.24, 2.45) is 5.10 Å². The standard InChI is InChI=1S/C19H22N6O2/c1-12-16(11-25-5-7-27-8-6-25)13(2)22-17(12)9-15-18(23-24-19(15)26)14-3-4-20-21-10-14/h3-4,9-10,22H,5-8,11H2,1-2H3,(H,24,26). The van der Waals surface area contributed by atoms with Crippen molar-refractivity contribution in [2.45, 2.75) is 20.4 Å². The van der Waals surface area contributed by atoms with Crippen molar-refractivity contribution in [1.29, 1.82) is 0 Å². The molecule has 4 heterocycles. The monoisotopic (exact) mass is 366 g/mol. The quantitative estimate of drug-likeness (QED) is 0.792. The maximum Gasteiger partial charge on any atom is 0.273 e. The van der Waals surface area contributed by atoms with E-state index >= 15 is 0 Å². The van der Waals surface area contributed by atoms with E-state index in [0.29, 0.717) is 11.3 Å². The van der Waals surface area contributed by atoms with Gasteiger partial charge in [0.1, 0.15) is 5.71 Å². The van der Waals surface area contributed by atoms with Gasteiger partial charge in [0.15, 0.2) is 0 Å². The lowest BCUT2D eigenvalue weighted by Crippen LogP contribution is -2.35. The number of carbonyl (C=O) groups excluding carboxylic acids is 1. The van der Waals surface area contributed by atoms with E-state index in [0.717, 1.165) is 55.4 Å². The number of hydrazone groups is 1. The van der Waals surface area contributed by atoms with Crippen LogP contribution < -0.4 is 5.43 Å². The van der Waals surface area contributed by atoms with Gasteiger partial charge in [-0.25, -0.2) is 5.43 Å². The molecule has 0 saturated carbocycles. The van der Waals surface area contributed by atoms with E-state index in [1.165, 1.54) is 5.56 Å². The van der Waals surface area contributed by atoms with Crippen molar-refractivity contribution in [1.82, 2.24) is 25.5 Å². The predicted molar refractivity (Wildman–Crippen MR) is 101 cm³/mol. The van der Waals surface area contributed by atoms with Crippen LogP contribution >= 0.6 is 0 Å². The first-order chi connectivity index (χ1) is 13.1. The fraction of sp³-hybridized carbons (Fsp3) is 0.368. The van der Waals surface area contributed by atoms with Gasteiger partial charge < -0.3 is 9.72 Å². The number of hydrogen-bond acceptors (Lipinski definition) is 6. The Bertz CT molecular complexity index is 910. The Balaban J connectivity index is 1.64. The minimum absolute atomic E-state index is 0.219. The predicted octanol–water partition coefficient (Wildman–Crippen LogP) is 1.17. The van der Waals surface area contributed by atoms with E-state index in [4.69, 9.17) is 4.74 Å². The summed E-state index contributed by atoms with van der Waals surface area (Å²) in [7, 11) is 0. The minimum Gasteiger partial charge on any atom is -0.379 e. The highest BCUT2D eigenvalue weighted by molar-refractivity contribution is 6.33. The second-order valence-electron chi connectivity index (χ2n) is 6.75. The van der Waals surface area contributed by atoms with Crippen molar-refractivity contribution in [3.05, 3.63) is 52.1 Å². The Kier molecular flexibility index (Phi) is 4.83. The number of amides is 1. The molecule has 1 saturated heterocycles. The number of H-pyrrole nitrogens is 1. The lowest BCUT2D eigenvalue weighted by Gasteiger charge is -2.26. The second kappa shape index (κ2) is 7.42. The van der Waals surface area contributed by atoms with Crippen LogP contribution in [0.2, 0.25) is 0 Å². The van der Waals surface area contributed by atoms with Gasteiger partial charge in [0.25, 0.3) is 5.91 Å². The third kappa shape index (κ3) is 3.54. The van der Waals surface area contributed by atoms with Crippen molar-refractivity contribution in [2.75, 3.05) is 26.3 Å². The fourth-order valence-corrected chi connectivity index (χ4v) is 3.44. The number of carbonyl (C=O) groups is 1. The van der Waals surface area contributed by atoms with Gasteiger partial charge in [0.05, 0.1) is 31.2 Å². The molecule has 140 valence electrons. The highest BCUT2D eigenvalue weighted by Gasteiger charge is 2.25. The van der Waals surface area contributed by atoms with Crippen LogP contribution in [0.3, 0.4) is 0 Å². The summed E-state index contributed by atoms with van der Waals surface area (Å²) in [6.07, 6.45) is 5.05. The van der Waals surface area contributed by atoms with Crippen molar-refractivity contribution >= 4 is 17.7 Å². The first-order valence-corrected chi connectivity index (χ1v) is 8.99. The third-order valence-electron chi connectivity index (χ3n) is 5.03. The number of rotatable bonds is 4. The summed E-state index contributed by atoms with van der Waals surface area (Å²) in [4.78, 5) is 18.1. The number of hydrogen-bond donors (Lipinski definition) is 2. The molecule has 2 aromatic rings. The number of nitrogens with zero attached hydrogens (tertiary/aromatic N) is 4. The number of aromatic nitrogens is 3. The topological polar surface area (TPSA) is 95.5 Å². The van der Waals surface area contributed by atoms with Crippen LogP contribution in [-0.2, 0) is 16.1 Å². The Morgan fingerprint density at radius 2 is 2.07 bits per heavy atom. The van der Waals surface area contributed by atoms with E-state index in [1.807, 2.05) is 6.08 Å². The van der Waals surface area contributed by atoms with E-state index in [2.05, 4.69) is 44.5 Å². The SMILES string of the molecule is Cc1[nH]c(C=C2C(=O)NN=C2c2ccnnc2)c(C)c1CN1CCOCC1. The molecule has 0 aromatic carbocycles. The summed E-state index contributed by atoms with van der Waals surface area (Å²) in [6, 6.07) is 1.79. The second-order valence-corrected chi connectivity index (χ2v) is 6.75. The lowest BCUT2D eigenvalue weighted by atomic mass is 10.0. The smallest absolute Gasteiger partial charge is 0.273 e. The molecule has 2 aromatic heterocycles. The molecular formula is C19H22N6O2. The van der Waals surface area contributed by atoms with E-state index < -0.39 is 0 Å². The Morgan fingerprint density at radius 3 is 2.81 bits per heavy atom. The van der Waals surface area contributed by atoms with Crippen LogP contribution in [0.5, 0.6) is 0 Å². The van der Waals surface area contributed by atoms with Gasteiger partial charge in [-0.1, -0.05) is 0 Å². The van der Waals surface area contributed by atoms with Gasteiger partial charge in [-0.15, -0.1) is 0 Å². The molecule has 1 fully saturated rings. The molecule has 0 atom stereocenters. The summed E-state index contributed by atoms with van der Waals surface area (Å²) >= 11 is 0. The average molecular weight is 366 g/mol. The first kappa shape index (κ1) is 17.6. The molecule has 8 nitrogen and oxygen atoms in total. The molecule has 27 heavy (non-hydrogen) atoms. The zero-order valence-electron chi connectivity index (χ0n) is 15.5. The van der Waals surface area contributed by atoms with Gasteiger partial charge in [0, 0.05) is 36.6 Å². The largest absolute Gasteiger partial charge is 0.379 e. The van der Waals surface area contributed by atoms with Crippen LogP contribution in [0, 0.1) is 13.8 Å². The molecular weight excluding hydrogens is 344 g/mol. The third-order valence-corrected chi connectivity index (χ3v) is 5.03. The Labute approximate surface area is 157 Å². The van der Waals surface area contributed by atoms with E-state index in [-0.39, 0.29) is 5.91 Å². The Morgan fingerprint density at radius 1 is 1.26 bits per heavy atom. The highest BCUT2D eigenvalue weighted by atomic mass is 16.5. The molecule has 0 radical (unpaired) electrons. The maximum absolute atomic E-state index is 12.3. The molecule has 2 aliphatic heterocycles. The average Bonchev–Trinajstić information content (AvgIpc) is 3.18. The van der Waals surface area contributed by atoms with Crippen molar-refractivity contribution in [3.8, 4) is 0 Å². The molecule has 8 heteroatoms. The molecule has 0 spiro atoms. The van der Waals surface area contributed by atoms with Crippen molar-refractivity contribution < 1.29 is 9.53 Å². The number of aryl methyl sites for hydroxylation is 1. The van der Waals surface area contributed by atoms with Crippen LogP contribution in [-0.4, -0.2) is 58.0 Å². The van der Waals surface area contributed by atoms with Crippen LogP contribution in [0.4, 0.5) is 0 Å². The first-order valence-electron chi connectivity index (χ1n) is 8.99. The van der Waals surface area contributed by atoms with Crippen LogP contribution in [0.1, 0.15) is 28.1 Å². The zero-order chi connectivity index (χ0) is 18.8. The summed E-state index contributed by atoms with van der Waals surface area (Å²) in [5.41, 5.74) is 8.86.